The highest BCUT2D eigenvalue weighted by molar-refractivity contribution is 6.06. The molecule has 0 spiro atoms. The Morgan fingerprint density at radius 3 is 2.47 bits per heavy atom. The molecule has 0 aliphatic heterocycles. The van der Waals surface area contributed by atoms with E-state index in [-0.39, 0.29) is 38.3 Å². The molecule has 0 unspecified atom stereocenters. The third-order valence-corrected chi connectivity index (χ3v) is 8.38. The summed E-state index contributed by atoms with van der Waals surface area (Å²) in [6.45, 7) is 0.866. The number of ether oxygens (including phenoxy) is 2. The van der Waals surface area contributed by atoms with E-state index in [0.29, 0.717) is 53.2 Å². The van der Waals surface area contributed by atoms with E-state index < -0.39 is 6.10 Å². The molecule has 10 nitrogen and oxygen atoms in total. The average molecular weight is 661 g/mol. The van der Waals surface area contributed by atoms with Crippen LogP contribution in [0.4, 0.5) is 0 Å². The van der Waals surface area contributed by atoms with Crippen LogP contribution in [0.3, 0.4) is 0 Å². The first kappa shape index (κ1) is 33.6. The molecule has 5 N–H and O–H groups in total. The van der Waals surface area contributed by atoms with Gasteiger partial charge in [0.05, 0.1) is 24.3 Å². The molecular weight excluding hydrogens is 620 g/mol. The number of rotatable bonds is 16. The van der Waals surface area contributed by atoms with Crippen LogP contribution in [0.2, 0.25) is 0 Å². The highest BCUT2D eigenvalue weighted by Crippen LogP contribution is 2.31. The lowest BCUT2D eigenvalue weighted by molar-refractivity contribution is 0.0338. The van der Waals surface area contributed by atoms with E-state index in [1.807, 2.05) is 91.1 Å². The minimum atomic E-state index is -0.792. The maximum Gasteiger partial charge on any atom is 0.253 e. The van der Waals surface area contributed by atoms with E-state index in [4.69, 9.17) is 14.6 Å². The number of benzene rings is 4. The molecule has 0 radical (unpaired) electrons. The van der Waals surface area contributed by atoms with Gasteiger partial charge in [0.2, 0.25) is 0 Å². The summed E-state index contributed by atoms with van der Waals surface area (Å²) in [4.78, 5) is 22.3. The number of aromatic amines is 1. The maximum absolute atomic E-state index is 12.6. The topological polar surface area (TPSA) is 140 Å². The Morgan fingerprint density at radius 2 is 1.67 bits per heavy atom. The van der Waals surface area contributed by atoms with Crippen LogP contribution in [0.1, 0.15) is 21.5 Å². The van der Waals surface area contributed by atoms with Crippen molar-refractivity contribution in [3.63, 3.8) is 0 Å². The Kier molecular flexibility index (Phi) is 11.1. The number of nitrogens with one attached hydrogen (secondary N) is 2. The first-order valence-electron chi connectivity index (χ1n) is 16.3. The molecule has 2 atom stereocenters. The second-order valence-corrected chi connectivity index (χ2v) is 11.9. The zero-order valence-electron chi connectivity index (χ0n) is 27.0. The minimum absolute atomic E-state index is 0.0987. The monoisotopic (exact) mass is 660 g/mol. The first-order valence-corrected chi connectivity index (χ1v) is 16.3. The average Bonchev–Trinajstić information content (AvgIpc) is 3.63. The molecule has 0 fully saturated rings. The van der Waals surface area contributed by atoms with E-state index in [2.05, 4.69) is 20.2 Å². The lowest BCUT2D eigenvalue weighted by atomic mass is 10.0. The molecule has 0 aliphatic rings. The molecule has 252 valence electrons. The maximum atomic E-state index is 12.6. The van der Waals surface area contributed by atoms with Gasteiger partial charge >= 0.3 is 0 Å². The van der Waals surface area contributed by atoms with E-state index >= 15 is 0 Å². The summed E-state index contributed by atoms with van der Waals surface area (Å²) in [6.07, 6.45) is 3.21. The van der Waals surface area contributed by atoms with Gasteiger partial charge in [-0.25, -0.2) is 0 Å². The summed E-state index contributed by atoms with van der Waals surface area (Å²) in [7, 11) is 0. The minimum Gasteiger partial charge on any atom is -0.490 e. The molecule has 0 saturated heterocycles. The third-order valence-electron chi connectivity index (χ3n) is 8.38. The number of carbonyl (C=O) groups excluding carboxylic acids is 1. The first-order chi connectivity index (χ1) is 24.0. The van der Waals surface area contributed by atoms with Crippen LogP contribution in [-0.2, 0) is 13.0 Å². The van der Waals surface area contributed by atoms with Crippen LogP contribution >= 0.6 is 0 Å². The number of nitrogens with zero attached hydrogens (tertiary/aromatic N) is 2. The summed E-state index contributed by atoms with van der Waals surface area (Å²) < 4.78 is 12.3. The number of hydrogen-bond acceptors (Lipinski definition) is 8. The number of aliphatic hydroxyl groups excluding tert-OH is 3. The number of H-pyrrole nitrogens is 1. The highest BCUT2D eigenvalue weighted by Gasteiger charge is 2.23. The van der Waals surface area contributed by atoms with Crippen molar-refractivity contribution < 1.29 is 29.6 Å². The van der Waals surface area contributed by atoms with E-state index in [1.165, 1.54) is 0 Å². The van der Waals surface area contributed by atoms with Gasteiger partial charge in [-0.1, -0.05) is 54.6 Å². The van der Waals surface area contributed by atoms with Gasteiger partial charge < -0.3 is 35.1 Å². The smallest absolute Gasteiger partial charge is 0.253 e. The summed E-state index contributed by atoms with van der Waals surface area (Å²) in [5, 5.41) is 35.1. The van der Waals surface area contributed by atoms with Crippen molar-refractivity contribution in [3.8, 4) is 17.2 Å². The fraction of sp³-hybridized carbons (Fsp3) is 0.231. The van der Waals surface area contributed by atoms with Crippen molar-refractivity contribution in [2.45, 2.75) is 25.1 Å². The molecule has 4 aromatic carbocycles. The number of aromatic nitrogens is 2. The Bertz CT molecular complexity index is 1960. The van der Waals surface area contributed by atoms with Gasteiger partial charge in [-0.15, -0.1) is 0 Å². The number of hydrogen-bond donors (Lipinski definition) is 5. The number of aliphatic hydroxyl groups is 3. The predicted molar refractivity (Wildman–Crippen MR) is 189 cm³/mol. The van der Waals surface area contributed by atoms with Gasteiger partial charge in [0.15, 0.2) is 0 Å². The van der Waals surface area contributed by atoms with Crippen molar-refractivity contribution in [1.82, 2.24) is 20.2 Å². The number of carbonyl (C=O) groups is 1. The molecule has 0 saturated carbocycles. The summed E-state index contributed by atoms with van der Waals surface area (Å²) in [5.74, 6) is 1.55. The fourth-order valence-corrected chi connectivity index (χ4v) is 5.94. The van der Waals surface area contributed by atoms with E-state index in [0.717, 1.165) is 22.0 Å². The lowest BCUT2D eigenvalue weighted by Crippen LogP contribution is -2.44. The van der Waals surface area contributed by atoms with Crippen LogP contribution < -0.4 is 14.8 Å². The number of fused-ring (bicyclic) bond motifs is 2. The number of amides is 1. The van der Waals surface area contributed by atoms with Gasteiger partial charge in [0, 0.05) is 54.4 Å². The Labute approximate surface area is 284 Å². The van der Waals surface area contributed by atoms with Crippen LogP contribution in [0.5, 0.6) is 17.2 Å². The lowest BCUT2D eigenvalue weighted by Gasteiger charge is -2.32. The zero-order valence-corrected chi connectivity index (χ0v) is 27.0. The Hall–Kier alpha value is -5.26. The normalized spacial score (nSPS) is 12.7. The van der Waals surface area contributed by atoms with E-state index in [1.54, 1.807) is 24.4 Å². The van der Waals surface area contributed by atoms with Gasteiger partial charge in [0.25, 0.3) is 5.91 Å². The van der Waals surface area contributed by atoms with E-state index in [9.17, 15) is 15.0 Å². The van der Waals surface area contributed by atoms with Crippen LogP contribution in [-0.4, -0.2) is 81.2 Å². The molecule has 6 aromatic rings. The molecular formula is C39H40N4O6. The zero-order chi connectivity index (χ0) is 34.0. The number of pyridine rings is 1. The SMILES string of the molecule is O=C(NCCO)c1cccc2c(Oc3ccc(C[C@@H](CO)N(Cc4ccccc4)C[C@H](O)COc4cccc5[nH]ccc45)cc3)ccnc12. The largest absolute Gasteiger partial charge is 0.490 e. The summed E-state index contributed by atoms with van der Waals surface area (Å²) in [6, 6.07) is 32.2. The van der Waals surface area contributed by atoms with Crippen molar-refractivity contribution in [2.24, 2.45) is 0 Å². The molecule has 6 rings (SSSR count). The van der Waals surface area contributed by atoms with Crippen molar-refractivity contribution in [3.05, 3.63) is 132 Å². The second kappa shape index (κ2) is 16.2. The third kappa shape index (κ3) is 8.43. The molecule has 2 heterocycles. The van der Waals surface area contributed by atoms with Crippen LogP contribution in [0.15, 0.2) is 116 Å². The van der Waals surface area contributed by atoms with Gasteiger partial charge in [0.1, 0.15) is 30.0 Å². The summed E-state index contributed by atoms with van der Waals surface area (Å²) in [5.41, 5.74) is 3.95. The standard InChI is InChI=1S/C39H40N4O6/c44-21-20-42-39(47)34-9-4-8-33-37(17-19-41-38(33)34)49-31-14-12-27(13-15-31)22-29(25-45)43(23-28-6-2-1-3-7-28)24-30(46)26-48-36-11-5-10-35-32(36)16-18-40-35/h1-19,29-30,40,44-46H,20-26H2,(H,42,47)/t29-,30-/m0/s1. The van der Waals surface area contributed by atoms with Gasteiger partial charge in [-0.3, -0.25) is 14.7 Å². The van der Waals surface area contributed by atoms with Crippen molar-refractivity contribution in [2.75, 3.05) is 32.9 Å². The molecule has 0 bridgehead atoms. The molecule has 1 amide bonds. The number of para-hydroxylation sites is 1. The molecule has 49 heavy (non-hydrogen) atoms. The van der Waals surface area contributed by atoms with Gasteiger partial charge in [-0.05, 0) is 66.1 Å². The quantitative estimate of drug-likeness (QED) is 0.0969. The van der Waals surface area contributed by atoms with Crippen LogP contribution in [0.25, 0.3) is 21.8 Å². The van der Waals surface area contributed by atoms with Crippen molar-refractivity contribution in [1.29, 1.82) is 0 Å². The molecule has 10 heteroatoms. The Balaban J connectivity index is 1.14. The molecule has 0 aliphatic carbocycles. The van der Waals surface area contributed by atoms with Crippen LogP contribution in [0, 0.1) is 0 Å². The van der Waals surface area contributed by atoms with Gasteiger partial charge in [-0.2, -0.15) is 0 Å². The molecule has 2 aromatic heterocycles. The second-order valence-electron chi connectivity index (χ2n) is 11.9. The highest BCUT2D eigenvalue weighted by atomic mass is 16.5. The fourth-order valence-electron chi connectivity index (χ4n) is 5.94. The van der Waals surface area contributed by atoms with Crippen molar-refractivity contribution >= 4 is 27.7 Å². The Morgan fingerprint density at radius 1 is 0.857 bits per heavy atom. The predicted octanol–water partition coefficient (Wildman–Crippen LogP) is 5.08. The summed E-state index contributed by atoms with van der Waals surface area (Å²) >= 11 is 0.